The molecule has 2 fully saturated rings. The SMILES string of the molecule is CC1=CC(C)(C)N(C)c2ccc(C3C(c4ccccn4)NC(=S)N3CCN3CCOCC3)cc21. The molecule has 0 bridgehead atoms. The maximum absolute atomic E-state index is 5.88. The predicted octanol–water partition coefficient (Wildman–Crippen LogP) is 4.02. The highest BCUT2D eigenvalue weighted by atomic mass is 32.1. The van der Waals surface area contributed by atoms with Crippen molar-refractivity contribution in [3.8, 4) is 0 Å². The molecule has 7 heteroatoms. The minimum atomic E-state index is -0.00420. The number of anilines is 1. The van der Waals surface area contributed by atoms with Gasteiger partial charge in [-0.3, -0.25) is 9.88 Å². The number of thiocarbonyl (C=S) groups is 1. The van der Waals surface area contributed by atoms with Crippen LogP contribution in [0.25, 0.3) is 5.57 Å². The van der Waals surface area contributed by atoms with E-state index in [0.29, 0.717) is 0 Å². The van der Waals surface area contributed by atoms with Crippen LogP contribution in [-0.2, 0) is 4.74 Å². The molecule has 5 rings (SSSR count). The number of allylic oxidation sites excluding steroid dienone is 1. The first-order valence-electron chi connectivity index (χ1n) is 12.2. The average molecular weight is 478 g/mol. The number of rotatable bonds is 5. The third-order valence-corrected chi connectivity index (χ3v) is 7.89. The van der Waals surface area contributed by atoms with Gasteiger partial charge in [0.2, 0.25) is 0 Å². The quantitative estimate of drug-likeness (QED) is 0.653. The van der Waals surface area contributed by atoms with Crippen LogP contribution in [0.4, 0.5) is 5.69 Å². The Hall–Kier alpha value is -2.48. The molecule has 4 heterocycles. The van der Waals surface area contributed by atoms with Crippen LogP contribution in [-0.4, -0.2) is 71.9 Å². The monoisotopic (exact) mass is 477 g/mol. The van der Waals surface area contributed by atoms with Gasteiger partial charge in [0.1, 0.15) is 0 Å². The molecule has 1 aromatic carbocycles. The zero-order valence-electron chi connectivity index (χ0n) is 20.6. The van der Waals surface area contributed by atoms with Crippen LogP contribution in [0.15, 0.2) is 48.7 Å². The second-order valence-corrected chi connectivity index (χ2v) is 10.5. The summed E-state index contributed by atoms with van der Waals surface area (Å²) in [5, 5.41) is 4.40. The van der Waals surface area contributed by atoms with Gasteiger partial charge in [0.25, 0.3) is 0 Å². The second kappa shape index (κ2) is 9.29. The molecule has 2 saturated heterocycles. The van der Waals surface area contributed by atoms with Gasteiger partial charge in [0.05, 0.1) is 36.5 Å². The number of pyridine rings is 1. The molecule has 34 heavy (non-hydrogen) atoms. The molecular weight excluding hydrogens is 442 g/mol. The summed E-state index contributed by atoms with van der Waals surface area (Å²) in [5.41, 5.74) is 6.18. The smallest absolute Gasteiger partial charge is 0.170 e. The molecule has 2 unspecified atom stereocenters. The minimum Gasteiger partial charge on any atom is -0.379 e. The molecule has 0 aliphatic carbocycles. The molecule has 2 aromatic rings. The van der Waals surface area contributed by atoms with Crippen LogP contribution in [0.3, 0.4) is 0 Å². The molecule has 0 spiro atoms. The number of hydrogen-bond acceptors (Lipinski definition) is 5. The summed E-state index contributed by atoms with van der Waals surface area (Å²) in [6.45, 7) is 12.2. The number of likely N-dealkylation sites (N-methyl/N-ethyl adjacent to an activating group) is 1. The van der Waals surface area contributed by atoms with Gasteiger partial charge in [0.15, 0.2) is 5.11 Å². The fraction of sp³-hybridized carbons (Fsp3) is 0.481. The summed E-state index contributed by atoms with van der Waals surface area (Å²) in [7, 11) is 2.18. The Morgan fingerprint density at radius 1 is 1.15 bits per heavy atom. The molecule has 0 amide bonds. The zero-order chi connectivity index (χ0) is 23.9. The van der Waals surface area contributed by atoms with Crippen molar-refractivity contribution in [2.45, 2.75) is 38.4 Å². The van der Waals surface area contributed by atoms with Crippen molar-refractivity contribution >= 4 is 28.6 Å². The largest absolute Gasteiger partial charge is 0.379 e. The molecule has 180 valence electrons. The van der Waals surface area contributed by atoms with E-state index in [-0.39, 0.29) is 17.6 Å². The Bertz CT molecular complexity index is 1080. The van der Waals surface area contributed by atoms with E-state index in [2.05, 4.69) is 84.2 Å². The first kappa shape index (κ1) is 23.3. The Morgan fingerprint density at radius 3 is 2.68 bits per heavy atom. The summed E-state index contributed by atoms with van der Waals surface area (Å²) >= 11 is 5.88. The second-order valence-electron chi connectivity index (χ2n) is 10.1. The number of fused-ring (bicyclic) bond motifs is 1. The van der Waals surface area contributed by atoms with Gasteiger partial charge in [-0.15, -0.1) is 0 Å². The third-order valence-electron chi connectivity index (χ3n) is 7.54. The van der Waals surface area contributed by atoms with Crippen molar-refractivity contribution in [1.82, 2.24) is 20.1 Å². The van der Waals surface area contributed by atoms with E-state index in [1.54, 1.807) is 0 Å². The summed E-state index contributed by atoms with van der Waals surface area (Å²) in [4.78, 5) is 11.9. The standard InChI is InChI=1S/C27H35N5OS/c1-19-18-27(2,3)30(4)23-9-8-20(17-21(19)23)25-24(22-7-5-6-10-28-22)29-26(34)32(25)12-11-31-13-15-33-16-14-31/h5-10,17-18,24-25H,11-16H2,1-4H3,(H,29,34). The van der Waals surface area contributed by atoms with Gasteiger partial charge in [-0.2, -0.15) is 0 Å². The number of nitrogens with one attached hydrogen (secondary N) is 1. The Kier molecular flexibility index (Phi) is 6.35. The van der Waals surface area contributed by atoms with Gasteiger partial charge in [-0.05, 0) is 68.4 Å². The summed E-state index contributed by atoms with van der Waals surface area (Å²) in [6, 6.07) is 13.1. The minimum absolute atomic E-state index is 0.00420. The van der Waals surface area contributed by atoms with Gasteiger partial charge in [-0.25, -0.2) is 0 Å². The molecular formula is C27H35N5OS. The Morgan fingerprint density at radius 2 is 1.94 bits per heavy atom. The highest BCUT2D eigenvalue weighted by Crippen LogP contribution is 2.43. The highest BCUT2D eigenvalue weighted by molar-refractivity contribution is 7.80. The lowest BCUT2D eigenvalue weighted by molar-refractivity contribution is 0.0350. The highest BCUT2D eigenvalue weighted by Gasteiger charge is 2.40. The normalized spacial score (nSPS) is 24.6. The van der Waals surface area contributed by atoms with Crippen molar-refractivity contribution in [1.29, 1.82) is 0 Å². The van der Waals surface area contributed by atoms with Gasteiger partial charge < -0.3 is 19.9 Å². The zero-order valence-corrected chi connectivity index (χ0v) is 21.4. The molecule has 0 saturated carbocycles. The first-order valence-corrected chi connectivity index (χ1v) is 12.6. The van der Waals surface area contributed by atoms with E-state index in [1.807, 2.05) is 12.3 Å². The van der Waals surface area contributed by atoms with E-state index in [4.69, 9.17) is 21.9 Å². The van der Waals surface area contributed by atoms with E-state index in [0.717, 1.165) is 50.2 Å². The Labute approximate surface area is 208 Å². The fourth-order valence-corrected chi connectivity index (χ4v) is 5.78. The molecule has 3 aliphatic rings. The maximum Gasteiger partial charge on any atom is 0.170 e. The molecule has 6 nitrogen and oxygen atoms in total. The number of aromatic nitrogens is 1. The van der Waals surface area contributed by atoms with E-state index >= 15 is 0 Å². The third kappa shape index (κ3) is 4.32. The lowest BCUT2D eigenvalue weighted by Gasteiger charge is -2.41. The topological polar surface area (TPSA) is 43.9 Å². The molecule has 1 aromatic heterocycles. The molecule has 2 atom stereocenters. The van der Waals surface area contributed by atoms with E-state index < -0.39 is 0 Å². The summed E-state index contributed by atoms with van der Waals surface area (Å²) < 4.78 is 5.53. The van der Waals surface area contributed by atoms with Crippen molar-refractivity contribution < 1.29 is 4.74 Å². The van der Waals surface area contributed by atoms with Crippen LogP contribution in [0.2, 0.25) is 0 Å². The van der Waals surface area contributed by atoms with Crippen molar-refractivity contribution in [3.05, 3.63) is 65.5 Å². The van der Waals surface area contributed by atoms with Crippen molar-refractivity contribution in [2.75, 3.05) is 51.3 Å². The molecule has 3 aliphatic heterocycles. The molecule has 0 radical (unpaired) electrons. The number of morpholine rings is 1. The van der Waals surface area contributed by atoms with Crippen LogP contribution in [0.5, 0.6) is 0 Å². The Balaban J connectivity index is 1.50. The predicted molar refractivity (Wildman–Crippen MR) is 142 cm³/mol. The van der Waals surface area contributed by atoms with Gasteiger partial charge >= 0.3 is 0 Å². The molecule has 1 N–H and O–H groups in total. The lowest BCUT2D eigenvalue weighted by Crippen LogP contribution is -2.43. The number of benzene rings is 1. The van der Waals surface area contributed by atoms with E-state index in [1.165, 1.54) is 22.4 Å². The van der Waals surface area contributed by atoms with E-state index in [9.17, 15) is 0 Å². The van der Waals surface area contributed by atoms with Crippen LogP contribution in [0.1, 0.15) is 49.7 Å². The average Bonchev–Trinajstić information content (AvgIpc) is 3.18. The summed E-state index contributed by atoms with van der Waals surface area (Å²) in [5.74, 6) is 0. The number of hydrogen-bond donors (Lipinski definition) is 1. The van der Waals surface area contributed by atoms with Gasteiger partial charge in [-0.1, -0.05) is 18.2 Å². The van der Waals surface area contributed by atoms with Crippen LogP contribution >= 0.6 is 12.2 Å². The van der Waals surface area contributed by atoms with Crippen LogP contribution < -0.4 is 10.2 Å². The number of ether oxygens (including phenoxy) is 1. The van der Waals surface area contributed by atoms with Gasteiger partial charge in [0, 0.05) is 50.7 Å². The first-order chi connectivity index (χ1) is 16.3. The fourth-order valence-electron chi connectivity index (χ4n) is 5.44. The van der Waals surface area contributed by atoms with Crippen molar-refractivity contribution in [3.63, 3.8) is 0 Å². The lowest BCUT2D eigenvalue weighted by atomic mass is 9.86. The number of nitrogens with zero attached hydrogens (tertiary/aromatic N) is 4. The van der Waals surface area contributed by atoms with Crippen LogP contribution in [0, 0.1) is 0 Å². The summed E-state index contributed by atoms with van der Waals surface area (Å²) in [6.07, 6.45) is 4.23. The maximum atomic E-state index is 5.88. The van der Waals surface area contributed by atoms with Crippen molar-refractivity contribution in [2.24, 2.45) is 0 Å².